The molecule has 0 radical (unpaired) electrons. The molecule has 0 aliphatic heterocycles. The van der Waals surface area contributed by atoms with Crippen molar-refractivity contribution in [2.75, 3.05) is 17.2 Å². The van der Waals surface area contributed by atoms with Crippen molar-refractivity contribution in [3.63, 3.8) is 0 Å². The molecule has 68 valence electrons. The lowest BCUT2D eigenvalue weighted by molar-refractivity contribution is 1.39. The van der Waals surface area contributed by atoms with Crippen molar-refractivity contribution in [3.05, 3.63) is 5.38 Å². The summed E-state index contributed by atoms with van der Waals surface area (Å²) in [5, 5.41) is 2.79. The first-order valence-electron chi connectivity index (χ1n) is 3.40. The van der Waals surface area contributed by atoms with Gasteiger partial charge in [0.15, 0.2) is 10.3 Å². The van der Waals surface area contributed by atoms with Crippen molar-refractivity contribution < 1.29 is 0 Å². The van der Waals surface area contributed by atoms with Crippen molar-refractivity contribution in [1.82, 2.24) is 9.97 Å². The van der Waals surface area contributed by atoms with E-state index < -0.39 is 0 Å². The maximum atomic E-state index is 5.63. The minimum atomic E-state index is 0.410. The molecule has 0 aliphatic carbocycles. The summed E-state index contributed by atoms with van der Waals surface area (Å²) in [5.74, 6) is 0.410. The van der Waals surface area contributed by atoms with Crippen LogP contribution in [0.5, 0.6) is 0 Å². The van der Waals surface area contributed by atoms with Crippen molar-refractivity contribution in [2.24, 2.45) is 0 Å². The summed E-state index contributed by atoms with van der Waals surface area (Å²) in [6, 6.07) is 0. The van der Waals surface area contributed by atoms with Gasteiger partial charge in [0.25, 0.3) is 0 Å². The molecule has 0 unspecified atom stereocenters. The summed E-state index contributed by atoms with van der Waals surface area (Å²) < 4.78 is 0. The SMILES string of the molecule is Nc1nc(-c2sc(N)nc2N)cs1. The molecule has 2 rings (SSSR count). The predicted octanol–water partition coefficient (Wildman–Crippen LogP) is 1.01. The van der Waals surface area contributed by atoms with Gasteiger partial charge in [0, 0.05) is 5.38 Å². The number of hydrogen-bond donors (Lipinski definition) is 3. The first-order valence-corrected chi connectivity index (χ1v) is 5.09. The molecule has 6 N–H and O–H groups in total. The Morgan fingerprint density at radius 1 is 1.08 bits per heavy atom. The average Bonchev–Trinajstić information content (AvgIpc) is 2.58. The molecule has 0 aromatic carbocycles. The second-order valence-electron chi connectivity index (χ2n) is 2.34. The number of nitrogens with two attached hydrogens (primary N) is 3. The summed E-state index contributed by atoms with van der Waals surface area (Å²) in [4.78, 5) is 8.76. The van der Waals surface area contributed by atoms with E-state index in [0.717, 1.165) is 10.6 Å². The fourth-order valence-corrected chi connectivity index (χ4v) is 2.27. The summed E-state index contributed by atoms with van der Waals surface area (Å²) in [5.41, 5.74) is 17.4. The smallest absolute Gasteiger partial charge is 0.182 e. The minimum absolute atomic E-state index is 0.410. The molecule has 0 fully saturated rings. The lowest BCUT2D eigenvalue weighted by Gasteiger charge is -1.89. The normalized spacial score (nSPS) is 10.5. The summed E-state index contributed by atoms with van der Waals surface area (Å²) >= 11 is 2.68. The molecule has 0 bridgehead atoms. The van der Waals surface area contributed by atoms with Crippen LogP contribution in [-0.2, 0) is 0 Å². The van der Waals surface area contributed by atoms with Gasteiger partial charge in [-0.25, -0.2) is 9.97 Å². The highest BCUT2D eigenvalue weighted by Gasteiger charge is 2.11. The zero-order chi connectivity index (χ0) is 9.42. The quantitative estimate of drug-likeness (QED) is 0.656. The topological polar surface area (TPSA) is 104 Å². The van der Waals surface area contributed by atoms with E-state index in [1.807, 2.05) is 5.38 Å². The minimum Gasteiger partial charge on any atom is -0.382 e. The van der Waals surface area contributed by atoms with Gasteiger partial charge < -0.3 is 17.2 Å². The van der Waals surface area contributed by atoms with Gasteiger partial charge in [-0.15, -0.1) is 11.3 Å². The van der Waals surface area contributed by atoms with Gasteiger partial charge in [-0.2, -0.15) is 0 Å². The monoisotopic (exact) mass is 213 g/mol. The first-order chi connectivity index (χ1) is 6.16. The summed E-state index contributed by atoms with van der Waals surface area (Å²) in [7, 11) is 0. The van der Waals surface area contributed by atoms with Crippen LogP contribution < -0.4 is 17.2 Å². The van der Waals surface area contributed by atoms with Crippen LogP contribution in [-0.4, -0.2) is 9.97 Å². The summed E-state index contributed by atoms with van der Waals surface area (Å²) in [6.45, 7) is 0. The highest BCUT2D eigenvalue weighted by Crippen LogP contribution is 2.34. The fraction of sp³-hybridized carbons (Fsp3) is 0. The number of hydrogen-bond acceptors (Lipinski definition) is 7. The largest absolute Gasteiger partial charge is 0.382 e. The van der Waals surface area contributed by atoms with E-state index in [-0.39, 0.29) is 0 Å². The Labute approximate surface area is 82.2 Å². The van der Waals surface area contributed by atoms with Crippen molar-refractivity contribution in [2.45, 2.75) is 0 Å². The molecule has 0 spiro atoms. The molecule has 7 heteroatoms. The fourth-order valence-electron chi connectivity index (χ4n) is 0.925. The van der Waals surface area contributed by atoms with E-state index in [1.54, 1.807) is 0 Å². The van der Waals surface area contributed by atoms with E-state index in [0.29, 0.717) is 16.1 Å². The number of rotatable bonds is 1. The van der Waals surface area contributed by atoms with Gasteiger partial charge in [0.05, 0.1) is 10.6 Å². The van der Waals surface area contributed by atoms with Crippen molar-refractivity contribution in [3.8, 4) is 10.6 Å². The van der Waals surface area contributed by atoms with Gasteiger partial charge in [0.2, 0.25) is 0 Å². The third-order valence-corrected chi connectivity index (χ3v) is 3.02. The Morgan fingerprint density at radius 3 is 2.31 bits per heavy atom. The number of nitrogen functional groups attached to an aromatic ring is 3. The van der Waals surface area contributed by atoms with E-state index in [2.05, 4.69) is 9.97 Å². The van der Waals surface area contributed by atoms with Gasteiger partial charge in [-0.05, 0) is 0 Å². The Bertz CT molecular complexity index is 432. The molecule has 13 heavy (non-hydrogen) atoms. The predicted molar refractivity (Wildman–Crippen MR) is 56.5 cm³/mol. The third kappa shape index (κ3) is 1.43. The van der Waals surface area contributed by atoms with E-state index in [1.165, 1.54) is 22.7 Å². The van der Waals surface area contributed by atoms with Crippen LogP contribution in [0.15, 0.2) is 5.38 Å². The van der Waals surface area contributed by atoms with Crippen LogP contribution in [0.1, 0.15) is 0 Å². The summed E-state index contributed by atoms with van der Waals surface area (Å²) in [6.07, 6.45) is 0. The van der Waals surface area contributed by atoms with Crippen LogP contribution in [0.25, 0.3) is 10.6 Å². The molecule has 0 saturated carbocycles. The molecule has 2 aromatic rings. The molecule has 0 aliphatic rings. The Hall–Kier alpha value is -1.34. The average molecular weight is 213 g/mol. The van der Waals surface area contributed by atoms with E-state index >= 15 is 0 Å². The molecule has 5 nitrogen and oxygen atoms in total. The molecular weight excluding hydrogens is 206 g/mol. The second kappa shape index (κ2) is 2.86. The molecule has 2 heterocycles. The zero-order valence-corrected chi connectivity index (χ0v) is 8.15. The highest BCUT2D eigenvalue weighted by molar-refractivity contribution is 7.20. The first kappa shape index (κ1) is 8.27. The standard InChI is InChI=1S/C6H7N5S2/c7-4-3(13-6(9)11-4)2-1-12-5(8)10-2/h1H,7H2,(H2,8,10)(H2,9,11). The van der Waals surface area contributed by atoms with Crippen LogP contribution in [0.4, 0.5) is 16.1 Å². The van der Waals surface area contributed by atoms with Crippen molar-refractivity contribution in [1.29, 1.82) is 0 Å². The van der Waals surface area contributed by atoms with Gasteiger partial charge in [-0.1, -0.05) is 11.3 Å². The zero-order valence-electron chi connectivity index (χ0n) is 6.52. The third-order valence-electron chi connectivity index (χ3n) is 1.42. The number of nitrogens with zero attached hydrogens (tertiary/aromatic N) is 2. The van der Waals surface area contributed by atoms with Gasteiger partial charge in [0.1, 0.15) is 5.82 Å². The highest BCUT2D eigenvalue weighted by atomic mass is 32.1. The van der Waals surface area contributed by atoms with Gasteiger partial charge >= 0.3 is 0 Å². The Kier molecular flexibility index (Phi) is 1.82. The maximum absolute atomic E-state index is 5.63. The maximum Gasteiger partial charge on any atom is 0.182 e. The Balaban J connectivity index is 2.51. The van der Waals surface area contributed by atoms with Crippen LogP contribution in [0, 0.1) is 0 Å². The van der Waals surface area contributed by atoms with Crippen molar-refractivity contribution >= 4 is 38.8 Å². The number of aromatic nitrogens is 2. The van der Waals surface area contributed by atoms with Crippen LogP contribution in [0.3, 0.4) is 0 Å². The van der Waals surface area contributed by atoms with Crippen LogP contribution >= 0.6 is 22.7 Å². The van der Waals surface area contributed by atoms with E-state index in [4.69, 9.17) is 17.2 Å². The number of thiazole rings is 2. The number of anilines is 3. The molecule has 0 atom stereocenters. The lowest BCUT2D eigenvalue weighted by Crippen LogP contribution is -1.89. The second-order valence-corrected chi connectivity index (χ2v) is 4.26. The molecule has 0 saturated heterocycles. The molecule has 0 amide bonds. The van der Waals surface area contributed by atoms with E-state index in [9.17, 15) is 0 Å². The Morgan fingerprint density at radius 2 is 1.85 bits per heavy atom. The van der Waals surface area contributed by atoms with Gasteiger partial charge in [-0.3, -0.25) is 0 Å². The lowest BCUT2D eigenvalue weighted by atomic mass is 10.4. The molecule has 2 aromatic heterocycles. The molecular formula is C6H7N5S2. The van der Waals surface area contributed by atoms with Crippen LogP contribution in [0.2, 0.25) is 0 Å².